The van der Waals surface area contributed by atoms with Crippen LogP contribution in [0.15, 0.2) is 85.1 Å². The fraction of sp³-hybridized carbons (Fsp3) is 0.0769. The number of nitrogens with zero attached hydrogens (tertiary/aromatic N) is 2. The van der Waals surface area contributed by atoms with Gasteiger partial charge in [0.15, 0.2) is 16.6 Å². The summed E-state index contributed by atoms with van der Waals surface area (Å²) in [4.78, 5) is 9.08. The van der Waals surface area contributed by atoms with E-state index in [4.69, 9.17) is 14.2 Å². The van der Waals surface area contributed by atoms with Gasteiger partial charge in [-0.05, 0) is 66.2 Å². The molecule has 0 atom stereocenters. The van der Waals surface area contributed by atoms with Crippen LogP contribution in [0.4, 0.5) is 10.8 Å². The number of hydrogen-bond acceptors (Lipinski definition) is 7. The summed E-state index contributed by atoms with van der Waals surface area (Å²) in [6, 6.07) is 25.6. The maximum Gasteiger partial charge on any atom is 0.227 e. The average Bonchev–Trinajstić information content (AvgIpc) is 3.28. The van der Waals surface area contributed by atoms with Crippen LogP contribution in [0.5, 0.6) is 23.1 Å². The molecule has 1 aliphatic rings. The van der Waals surface area contributed by atoms with E-state index in [-0.39, 0.29) is 0 Å². The van der Waals surface area contributed by atoms with E-state index in [1.165, 1.54) is 0 Å². The lowest BCUT2D eigenvalue weighted by Crippen LogP contribution is -2.15. The summed E-state index contributed by atoms with van der Waals surface area (Å²) in [5, 5.41) is 4.22. The van der Waals surface area contributed by atoms with Crippen molar-refractivity contribution < 1.29 is 14.2 Å². The predicted molar refractivity (Wildman–Crippen MR) is 130 cm³/mol. The standard InChI is InChI=1S/C26H19N3O3S/c1-2-6-24-21(5-1)29-26(33-24)28-18-8-10-19(11-9-18)32-25-20(4-3-13-27-25)17-7-12-22-23(16-17)31-15-14-30-22/h1-13,16H,14-15H2,(H,28,29). The first-order chi connectivity index (χ1) is 16.3. The molecule has 3 aromatic carbocycles. The van der Waals surface area contributed by atoms with Crippen molar-refractivity contribution in [2.24, 2.45) is 0 Å². The minimum Gasteiger partial charge on any atom is -0.486 e. The van der Waals surface area contributed by atoms with Gasteiger partial charge in [-0.15, -0.1) is 0 Å². The third-order valence-corrected chi connectivity index (χ3v) is 6.19. The molecule has 0 spiro atoms. The lowest BCUT2D eigenvalue weighted by Gasteiger charge is -2.19. The van der Waals surface area contributed by atoms with Crippen molar-refractivity contribution in [2.75, 3.05) is 18.5 Å². The van der Waals surface area contributed by atoms with Gasteiger partial charge >= 0.3 is 0 Å². The molecule has 6 nitrogen and oxygen atoms in total. The van der Waals surface area contributed by atoms with Crippen LogP contribution in [0.2, 0.25) is 0 Å². The van der Waals surface area contributed by atoms with E-state index in [1.54, 1.807) is 17.5 Å². The molecule has 162 valence electrons. The van der Waals surface area contributed by atoms with Crippen LogP contribution < -0.4 is 19.5 Å². The number of aromatic nitrogens is 2. The van der Waals surface area contributed by atoms with Gasteiger partial charge in [-0.3, -0.25) is 0 Å². The second-order valence-corrected chi connectivity index (χ2v) is 8.48. The van der Waals surface area contributed by atoms with Gasteiger partial charge in [-0.1, -0.05) is 29.5 Å². The van der Waals surface area contributed by atoms with Gasteiger partial charge in [-0.2, -0.15) is 0 Å². The van der Waals surface area contributed by atoms with Crippen molar-refractivity contribution in [3.05, 3.63) is 85.1 Å². The number of para-hydroxylation sites is 1. The number of pyridine rings is 1. The highest BCUT2D eigenvalue weighted by Gasteiger charge is 2.15. The van der Waals surface area contributed by atoms with E-state index in [0.717, 1.165) is 43.7 Å². The van der Waals surface area contributed by atoms with Crippen LogP contribution in [0.1, 0.15) is 0 Å². The molecule has 0 radical (unpaired) electrons. The summed E-state index contributed by atoms with van der Waals surface area (Å²) >= 11 is 1.63. The number of hydrogen-bond donors (Lipinski definition) is 1. The summed E-state index contributed by atoms with van der Waals surface area (Å²) in [7, 11) is 0. The van der Waals surface area contributed by atoms with Gasteiger partial charge in [-0.25, -0.2) is 9.97 Å². The molecule has 33 heavy (non-hydrogen) atoms. The first-order valence-electron chi connectivity index (χ1n) is 10.6. The SMILES string of the molecule is c1cnc(Oc2ccc(Nc3nc4ccccc4s3)cc2)c(-c2ccc3c(c2)OCCO3)c1. The Labute approximate surface area is 194 Å². The molecule has 1 N–H and O–H groups in total. The topological polar surface area (TPSA) is 65.5 Å². The first kappa shape index (κ1) is 19.6. The zero-order chi connectivity index (χ0) is 22.0. The molecule has 6 rings (SSSR count). The monoisotopic (exact) mass is 453 g/mol. The lowest BCUT2D eigenvalue weighted by molar-refractivity contribution is 0.171. The molecular formula is C26H19N3O3S. The van der Waals surface area contributed by atoms with E-state index in [0.29, 0.717) is 24.8 Å². The zero-order valence-corrected chi connectivity index (χ0v) is 18.3. The first-order valence-corrected chi connectivity index (χ1v) is 11.4. The Morgan fingerprint density at radius 2 is 1.70 bits per heavy atom. The number of nitrogens with one attached hydrogen (secondary N) is 1. The molecule has 0 fully saturated rings. The normalized spacial score (nSPS) is 12.5. The summed E-state index contributed by atoms with van der Waals surface area (Å²) < 4.78 is 18.6. The molecule has 0 bridgehead atoms. The van der Waals surface area contributed by atoms with Gasteiger partial charge in [0.05, 0.1) is 10.2 Å². The van der Waals surface area contributed by atoms with Crippen LogP contribution in [0.3, 0.4) is 0 Å². The molecule has 3 heterocycles. The van der Waals surface area contributed by atoms with Crippen molar-refractivity contribution in [3.8, 4) is 34.3 Å². The molecule has 1 aliphatic heterocycles. The van der Waals surface area contributed by atoms with Crippen molar-refractivity contribution in [1.29, 1.82) is 0 Å². The Hall–Kier alpha value is -4.10. The van der Waals surface area contributed by atoms with Crippen molar-refractivity contribution in [3.63, 3.8) is 0 Å². The largest absolute Gasteiger partial charge is 0.486 e. The molecule has 0 saturated heterocycles. The molecule has 0 amide bonds. The van der Waals surface area contributed by atoms with Crippen LogP contribution in [0, 0.1) is 0 Å². The Morgan fingerprint density at radius 3 is 2.58 bits per heavy atom. The Balaban J connectivity index is 1.22. The van der Waals surface area contributed by atoms with Crippen molar-refractivity contribution in [2.45, 2.75) is 0 Å². The molecule has 0 aliphatic carbocycles. The van der Waals surface area contributed by atoms with Gasteiger partial charge in [0.1, 0.15) is 19.0 Å². The van der Waals surface area contributed by atoms with Crippen molar-refractivity contribution in [1.82, 2.24) is 9.97 Å². The second-order valence-electron chi connectivity index (χ2n) is 7.45. The van der Waals surface area contributed by atoms with Gasteiger partial charge in [0, 0.05) is 17.4 Å². The van der Waals surface area contributed by atoms with Crippen LogP contribution in [-0.2, 0) is 0 Å². The fourth-order valence-electron chi connectivity index (χ4n) is 3.67. The lowest BCUT2D eigenvalue weighted by atomic mass is 10.1. The maximum absolute atomic E-state index is 6.14. The molecule has 2 aromatic heterocycles. The smallest absolute Gasteiger partial charge is 0.227 e. The third kappa shape index (κ3) is 4.06. The number of fused-ring (bicyclic) bond motifs is 2. The average molecular weight is 454 g/mol. The van der Waals surface area contributed by atoms with E-state index in [2.05, 4.69) is 21.4 Å². The molecule has 0 saturated carbocycles. The van der Waals surface area contributed by atoms with Gasteiger partial charge in [0.25, 0.3) is 0 Å². The summed E-state index contributed by atoms with van der Waals surface area (Å²) in [6.07, 6.45) is 1.72. The Morgan fingerprint density at radius 1 is 0.848 bits per heavy atom. The highest BCUT2D eigenvalue weighted by Crippen LogP contribution is 2.38. The van der Waals surface area contributed by atoms with Gasteiger partial charge in [0.2, 0.25) is 5.88 Å². The summed E-state index contributed by atoms with van der Waals surface area (Å²) in [6.45, 7) is 1.11. The molecule has 7 heteroatoms. The quantitative estimate of drug-likeness (QED) is 0.321. The van der Waals surface area contributed by atoms with Crippen LogP contribution in [-0.4, -0.2) is 23.2 Å². The fourth-order valence-corrected chi connectivity index (χ4v) is 4.56. The van der Waals surface area contributed by atoms with Crippen LogP contribution in [0.25, 0.3) is 21.3 Å². The van der Waals surface area contributed by atoms with Crippen LogP contribution >= 0.6 is 11.3 Å². The summed E-state index contributed by atoms with van der Waals surface area (Å²) in [5.41, 5.74) is 3.77. The van der Waals surface area contributed by atoms with Crippen molar-refractivity contribution >= 4 is 32.4 Å². The zero-order valence-electron chi connectivity index (χ0n) is 17.5. The third-order valence-electron chi connectivity index (χ3n) is 5.24. The molecule has 5 aromatic rings. The second kappa shape index (κ2) is 8.44. The maximum atomic E-state index is 6.14. The van der Waals surface area contributed by atoms with Gasteiger partial charge < -0.3 is 19.5 Å². The Kier molecular flexibility index (Phi) is 5.01. The highest BCUT2D eigenvalue weighted by molar-refractivity contribution is 7.22. The predicted octanol–water partition coefficient (Wildman–Crippen LogP) is 6.67. The highest BCUT2D eigenvalue weighted by atomic mass is 32.1. The number of anilines is 2. The molecule has 0 unspecified atom stereocenters. The minimum absolute atomic E-state index is 0.529. The Bertz CT molecular complexity index is 1400. The number of benzene rings is 3. The number of rotatable bonds is 5. The van der Waals surface area contributed by atoms with E-state index in [1.807, 2.05) is 72.8 Å². The number of ether oxygens (including phenoxy) is 3. The summed E-state index contributed by atoms with van der Waals surface area (Å²) in [5.74, 6) is 2.72. The van der Waals surface area contributed by atoms with E-state index >= 15 is 0 Å². The molecular weight excluding hydrogens is 434 g/mol. The number of thiazole rings is 1. The van der Waals surface area contributed by atoms with E-state index in [9.17, 15) is 0 Å². The minimum atomic E-state index is 0.529. The van der Waals surface area contributed by atoms with E-state index < -0.39 is 0 Å².